The average Bonchev–Trinajstić information content (AvgIpc) is 2.74. The molecule has 0 aliphatic carbocycles. The molecule has 0 aliphatic rings. The second-order valence-electron chi connectivity index (χ2n) is 7.03. The van der Waals surface area contributed by atoms with Gasteiger partial charge in [-0.3, -0.25) is 5.41 Å². The number of phenols is 1. The topological polar surface area (TPSA) is 99.6 Å². The first kappa shape index (κ1) is 23.7. The lowest BCUT2D eigenvalue weighted by molar-refractivity contribution is -0.129. The first-order valence-corrected chi connectivity index (χ1v) is 10.4. The summed E-state index contributed by atoms with van der Waals surface area (Å²) in [5, 5.41) is 18.8. The number of ether oxygens (including phenoxy) is 1. The van der Waals surface area contributed by atoms with E-state index in [-0.39, 0.29) is 11.6 Å². The predicted octanol–water partition coefficient (Wildman–Crippen LogP) is 4.93. The molecular formula is C25H31N3O3. The van der Waals surface area contributed by atoms with Gasteiger partial charge < -0.3 is 20.5 Å². The molecule has 2 aromatic carbocycles. The van der Waals surface area contributed by atoms with E-state index in [0.717, 1.165) is 18.8 Å². The molecule has 6 nitrogen and oxygen atoms in total. The van der Waals surface area contributed by atoms with Crippen molar-refractivity contribution in [1.82, 2.24) is 0 Å². The molecule has 4 N–H and O–H groups in total. The maximum atomic E-state index is 12.2. The Morgan fingerprint density at radius 2 is 1.90 bits per heavy atom. The van der Waals surface area contributed by atoms with Crippen LogP contribution < -0.4 is 15.4 Å². The number of allylic oxidation sites excluding steroid dienone is 3. The van der Waals surface area contributed by atoms with Crippen LogP contribution in [0.1, 0.15) is 38.3 Å². The van der Waals surface area contributed by atoms with E-state index in [1.54, 1.807) is 37.3 Å². The predicted molar refractivity (Wildman–Crippen MR) is 127 cm³/mol. The number of anilines is 1. The van der Waals surface area contributed by atoms with E-state index in [0.29, 0.717) is 34.4 Å². The fourth-order valence-electron chi connectivity index (χ4n) is 3.41. The van der Waals surface area contributed by atoms with Gasteiger partial charge in [-0.1, -0.05) is 18.2 Å². The minimum atomic E-state index is -0.491. The number of nitrogen functional groups attached to an aromatic ring is 1. The molecule has 0 fully saturated rings. The summed E-state index contributed by atoms with van der Waals surface area (Å²) in [6, 6.07) is 8.69. The standard InChI is InChI=1S/C25H31N3O3/c1-5-8-9-10-11-23(30)31-22-15-14-20(25(26)27)24(17(22)4)19-13-12-18(16-21(19)29)28(6-2)7-3/h5,8,10-16,29H,6-7,9H2,1-4H3,(H3,26,27). The summed E-state index contributed by atoms with van der Waals surface area (Å²) < 4.78 is 5.51. The maximum Gasteiger partial charge on any atom is 0.335 e. The third kappa shape index (κ3) is 5.75. The van der Waals surface area contributed by atoms with E-state index < -0.39 is 5.97 Å². The number of rotatable bonds is 9. The summed E-state index contributed by atoms with van der Waals surface area (Å²) in [4.78, 5) is 14.3. The van der Waals surface area contributed by atoms with Gasteiger partial charge in [0.2, 0.25) is 0 Å². The second kappa shape index (κ2) is 11.0. The van der Waals surface area contributed by atoms with Crippen LogP contribution in [0.4, 0.5) is 5.69 Å². The Bertz CT molecular complexity index is 1010. The quantitative estimate of drug-likeness (QED) is 0.133. The van der Waals surface area contributed by atoms with Crippen molar-refractivity contribution >= 4 is 17.5 Å². The number of benzene rings is 2. The largest absolute Gasteiger partial charge is 0.507 e. The summed E-state index contributed by atoms with van der Waals surface area (Å²) in [5.74, 6) is -0.192. The fourth-order valence-corrected chi connectivity index (χ4v) is 3.41. The van der Waals surface area contributed by atoms with Crippen LogP contribution in [0.2, 0.25) is 0 Å². The minimum Gasteiger partial charge on any atom is -0.507 e. The van der Waals surface area contributed by atoms with Gasteiger partial charge in [0, 0.05) is 53.2 Å². The van der Waals surface area contributed by atoms with Gasteiger partial charge in [-0.25, -0.2) is 4.79 Å². The number of phenolic OH excluding ortho intramolecular Hbond substituents is 1. The number of esters is 1. The Kier molecular flexibility index (Phi) is 8.43. The molecule has 0 aliphatic heterocycles. The van der Waals surface area contributed by atoms with Gasteiger partial charge >= 0.3 is 5.97 Å². The third-order valence-electron chi connectivity index (χ3n) is 5.06. The van der Waals surface area contributed by atoms with Crippen molar-refractivity contribution in [3.05, 3.63) is 65.8 Å². The number of carbonyl (C=O) groups is 1. The van der Waals surface area contributed by atoms with Gasteiger partial charge in [0.25, 0.3) is 0 Å². The van der Waals surface area contributed by atoms with Crippen molar-refractivity contribution < 1.29 is 14.6 Å². The van der Waals surface area contributed by atoms with Gasteiger partial charge in [0.15, 0.2) is 0 Å². The van der Waals surface area contributed by atoms with Crippen LogP contribution in [0.5, 0.6) is 11.5 Å². The van der Waals surface area contributed by atoms with Crippen LogP contribution in [-0.4, -0.2) is 30.0 Å². The number of aromatic hydroxyl groups is 1. The molecule has 0 saturated heterocycles. The molecule has 2 aromatic rings. The fraction of sp³-hybridized carbons (Fsp3) is 0.280. The zero-order valence-corrected chi connectivity index (χ0v) is 18.6. The molecule has 0 aromatic heterocycles. The highest BCUT2D eigenvalue weighted by Gasteiger charge is 2.19. The lowest BCUT2D eigenvalue weighted by Gasteiger charge is -2.22. The molecule has 0 atom stereocenters. The Labute approximate surface area is 184 Å². The Balaban J connectivity index is 2.49. The zero-order chi connectivity index (χ0) is 23.0. The molecule has 0 spiro atoms. The highest BCUT2D eigenvalue weighted by molar-refractivity contribution is 6.03. The van der Waals surface area contributed by atoms with Crippen LogP contribution in [0.3, 0.4) is 0 Å². The van der Waals surface area contributed by atoms with Crippen molar-refractivity contribution in [3.8, 4) is 22.6 Å². The molecule has 0 unspecified atom stereocenters. The lowest BCUT2D eigenvalue weighted by Crippen LogP contribution is -2.21. The molecule has 0 heterocycles. The summed E-state index contributed by atoms with van der Waals surface area (Å²) in [7, 11) is 0. The number of hydrogen-bond donors (Lipinski definition) is 3. The molecule has 0 saturated carbocycles. The van der Waals surface area contributed by atoms with Crippen molar-refractivity contribution in [2.24, 2.45) is 5.73 Å². The van der Waals surface area contributed by atoms with E-state index >= 15 is 0 Å². The second-order valence-corrected chi connectivity index (χ2v) is 7.03. The Morgan fingerprint density at radius 1 is 1.19 bits per heavy atom. The monoisotopic (exact) mass is 421 g/mol. The van der Waals surface area contributed by atoms with Crippen LogP contribution in [-0.2, 0) is 4.79 Å². The van der Waals surface area contributed by atoms with E-state index in [1.807, 2.05) is 25.1 Å². The molecule has 2 rings (SSSR count). The Hall–Kier alpha value is -3.54. The SMILES string of the molecule is CC=CCC=CC(=O)Oc1ccc(C(=N)N)c(-c2ccc(N(CC)CC)cc2O)c1C. The van der Waals surface area contributed by atoms with E-state index in [1.165, 1.54) is 6.08 Å². The van der Waals surface area contributed by atoms with Crippen LogP contribution in [0.25, 0.3) is 11.1 Å². The highest BCUT2D eigenvalue weighted by Crippen LogP contribution is 2.39. The number of nitrogens with two attached hydrogens (primary N) is 1. The number of nitrogens with one attached hydrogen (secondary N) is 1. The van der Waals surface area contributed by atoms with E-state index in [4.69, 9.17) is 15.9 Å². The lowest BCUT2D eigenvalue weighted by atomic mass is 9.92. The average molecular weight is 422 g/mol. The molecule has 31 heavy (non-hydrogen) atoms. The van der Waals surface area contributed by atoms with Gasteiger partial charge in [0.1, 0.15) is 17.3 Å². The summed E-state index contributed by atoms with van der Waals surface area (Å²) in [5.41, 5.74) is 8.89. The van der Waals surface area contributed by atoms with Crippen molar-refractivity contribution in [1.29, 1.82) is 5.41 Å². The number of hydrogen-bond acceptors (Lipinski definition) is 5. The van der Waals surface area contributed by atoms with Crippen molar-refractivity contribution in [2.75, 3.05) is 18.0 Å². The Morgan fingerprint density at radius 3 is 2.48 bits per heavy atom. The summed E-state index contributed by atoms with van der Waals surface area (Å²) >= 11 is 0. The highest BCUT2D eigenvalue weighted by atomic mass is 16.5. The van der Waals surface area contributed by atoms with Crippen LogP contribution in [0.15, 0.2) is 54.6 Å². The molecule has 0 radical (unpaired) electrons. The van der Waals surface area contributed by atoms with Crippen LogP contribution >= 0.6 is 0 Å². The number of amidine groups is 1. The zero-order valence-electron chi connectivity index (χ0n) is 18.6. The molecular weight excluding hydrogens is 390 g/mol. The molecule has 164 valence electrons. The minimum absolute atomic E-state index is 0.0738. The van der Waals surface area contributed by atoms with E-state index in [2.05, 4.69) is 18.7 Å². The number of carbonyl (C=O) groups excluding carboxylic acids is 1. The van der Waals surface area contributed by atoms with Gasteiger partial charge in [-0.05, 0) is 58.4 Å². The molecule has 0 bridgehead atoms. The first-order valence-electron chi connectivity index (χ1n) is 10.4. The van der Waals surface area contributed by atoms with Gasteiger partial charge in [0.05, 0.1) is 0 Å². The van der Waals surface area contributed by atoms with E-state index in [9.17, 15) is 9.90 Å². The van der Waals surface area contributed by atoms with Gasteiger partial charge in [-0.2, -0.15) is 0 Å². The van der Waals surface area contributed by atoms with Crippen molar-refractivity contribution in [3.63, 3.8) is 0 Å². The van der Waals surface area contributed by atoms with Crippen LogP contribution in [0, 0.1) is 12.3 Å². The maximum absolute atomic E-state index is 12.2. The number of nitrogens with zero attached hydrogens (tertiary/aromatic N) is 1. The third-order valence-corrected chi connectivity index (χ3v) is 5.06. The smallest absolute Gasteiger partial charge is 0.335 e. The first-order chi connectivity index (χ1) is 14.8. The summed E-state index contributed by atoms with van der Waals surface area (Å²) in [6.07, 6.45) is 7.59. The van der Waals surface area contributed by atoms with Gasteiger partial charge in [-0.15, -0.1) is 0 Å². The van der Waals surface area contributed by atoms with Crippen molar-refractivity contribution in [2.45, 2.75) is 34.1 Å². The normalized spacial score (nSPS) is 11.2. The molecule has 0 amide bonds. The molecule has 6 heteroatoms. The summed E-state index contributed by atoms with van der Waals surface area (Å²) in [6.45, 7) is 9.44.